The molecule has 0 bridgehead atoms. The lowest BCUT2D eigenvalue weighted by Gasteiger charge is -2.32. The first-order valence-corrected chi connectivity index (χ1v) is 8.49. The highest BCUT2D eigenvalue weighted by atomic mass is 16.1. The lowest BCUT2D eigenvalue weighted by molar-refractivity contribution is -0.122. The van der Waals surface area contributed by atoms with Gasteiger partial charge < -0.3 is 20.0 Å². The van der Waals surface area contributed by atoms with Crippen LogP contribution in [-0.4, -0.2) is 87.1 Å². The molecule has 0 spiro atoms. The van der Waals surface area contributed by atoms with Gasteiger partial charge in [0.2, 0.25) is 5.91 Å². The van der Waals surface area contributed by atoms with Gasteiger partial charge in [-0.2, -0.15) is 0 Å². The number of amides is 1. The molecule has 0 aromatic rings. The number of piperidine rings is 1. The van der Waals surface area contributed by atoms with E-state index in [-0.39, 0.29) is 5.91 Å². The molecule has 2 saturated heterocycles. The second-order valence-electron chi connectivity index (χ2n) is 6.80. The summed E-state index contributed by atoms with van der Waals surface area (Å²) in [5.74, 6) is 0.849. The average Bonchev–Trinajstić information content (AvgIpc) is 2.48. The molecule has 0 aromatic heterocycles. The summed E-state index contributed by atoms with van der Waals surface area (Å²) >= 11 is 0. The SMILES string of the molecule is CN1CCC(CC(=O)NCCCN2CCN(C)CC2)CC1. The van der Waals surface area contributed by atoms with E-state index in [1.807, 2.05) is 0 Å². The fourth-order valence-electron chi connectivity index (χ4n) is 3.20. The molecular weight excluding hydrogens is 264 g/mol. The van der Waals surface area contributed by atoms with E-state index < -0.39 is 0 Å². The number of hydrogen-bond acceptors (Lipinski definition) is 4. The van der Waals surface area contributed by atoms with E-state index >= 15 is 0 Å². The van der Waals surface area contributed by atoms with Crippen LogP contribution in [0.1, 0.15) is 25.7 Å². The molecule has 0 saturated carbocycles. The van der Waals surface area contributed by atoms with Crippen LogP contribution in [0.3, 0.4) is 0 Å². The summed E-state index contributed by atoms with van der Waals surface area (Å²) in [4.78, 5) is 19.2. The summed E-state index contributed by atoms with van der Waals surface area (Å²) in [5, 5.41) is 3.10. The van der Waals surface area contributed by atoms with E-state index in [9.17, 15) is 4.79 Å². The Labute approximate surface area is 129 Å². The maximum Gasteiger partial charge on any atom is 0.220 e. The summed E-state index contributed by atoms with van der Waals surface area (Å²) in [6.07, 6.45) is 4.14. The van der Waals surface area contributed by atoms with E-state index in [0.717, 1.165) is 39.0 Å². The maximum atomic E-state index is 11.9. The third-order valence-electron chi connectivity index (χ3n) is 4.88. The number of nitrogens with one attached hydrogen (secondary N) is 1. The van der Waals surface area contributed by atoms with Gasteiger partial charge in [-0.05, 0) is 58.9 Å². The summed E-state index contributed by atoms with van der Waals surface area (Å²) < 4.78 is 0. The Kier molecular flexibility index (Phi) is 6.93. The minimum absolute atomic E-state index is 0.253. The quantitative estimate of drug-likeness (QED) is 0.723. The van der Waals surface area contributed by atoms with Gasteiger partial charge in [0.05, 0.1) is 0 Å². The monoisotopic (exact) mass is 296 g/mol. The van der Waals surface area contributed by atoms with Gasteiger partial charge in [-0.15, -0.1) is 0 Å². The highest BCUT2D eigenvalue weighted by molar-refractivity contribution is 5.76. The highest BCUT2D eigenvalue weighted by Crippen LogP contribution is 2.19. The first-order valence-electron chi connectivity index (χ1n) is 8.49. The van der Waals surface area contributed by atoms with Crippen LogP contribution in [0.4, 0.5) is 0 Å². The number of nitrogens with zero attached hydrogens (tertiary/aromatic N) is 3. The fourth-order valence-corrected chi connectivity index (χ4v) is 3.20. The van der Waals surface area contributed by atoms with Gasteiger partial charge in [0.15, 0.2) is 0 Å². The molecule has 0 aromatic carbocycles. The van der Waals surface area contributed by atoms with Crippen molar-refractivity contribution in [1.82, 2.24) is 20.0 Å². The second kappa shape index (κ2) is 8.71. The minimum atomic E-state index is 0.253. The molecule has 2 fully saturated rings. The molecule has 2 heterocycles. The van der Waals surface area contributed by atoms with Crippen molar-refractivity contribution in [2.75, 3.05) is 66.5 Å². The van der Waals surface area contributed by atoms with Gasteiger partial charge in [-0.25, -0.2) is 0 Å². The number of likely N-dealkylation sites (tertiary alicyclic amines) is 1. The van der Waals surface area contributed by atoms with Gasteiger partial charge in [-0.3, -0.25) is 4.79 Å². The molecule has 5 heteroatoms. The van der Waals surface area contributed by atoms with Crippen molar-refractivity contribution in [3.63, 3.8) is 0 Å². The van der Waals surface area contributed by atoms with Crippen molar-refractivity contribution < 1.29 is 4.79 Å². The summed E-state index contributed by atoms with van der Waals surface area (Å²) in [5.41, 5.74) is 0. The Morgan fingerprint density at radius 2 is 1.62 bits per heavy atom. The van der Waals surface area contributed by atoms with Crippen LogP contribution in [0.2, 0.25) is 0 Å². The van der Waals surface area contributed by atoms with E-state index in [1.165, 1.54) is 39.0 Å². The van der Waals surface area contributed by atoms with Crippen molar-refractivity contribution in [1.29, 1.82) is 0 Å². The van der Waals surface area contributed by atoms with Gasteiger partial charge >= 0.3 is 0 Å². The Hall–Kier alpha value is -0.650. The first-order chi connectivity index (χ1) is 10.1. The molecule has 5 nitrogen and oxygen atoms in total. The largest absolute Gasteiger partial charge is 0.356 e. The molecule has 1 N–H and O–H groups in total. The van der Waals surface area contributed by atoms with Crippen molar-refractivity contribution in [3.05, 3.63) is 0 Å². The van der Waals surface area contributed by atoms with Crippen molar-refractivity contribution in [2.45, 2.75) is 25.7 Å². The molecule has 21 heavy (non-hydrogen) atoms. The third kappa shape index (κ3) is 6.32. The summed E-state index contributed by atoms with van der Waals surface area (Å²) in [6, 6.07) is 0. The lowest BCUT2D eigenvalue weighted by Crippen LogP contribution is -2.45. The predicted molar refractivity (Wildman–Crippen MR) is 86.4 cm³/mol. The Bertz CT molecular complexity index is 307. The van der Waals surface area contributed by atoms with Crippen LogP contribution in [0.25, 0.3) is 0 Å². The fraction of sp³-hybridized carbons (Fsp3) is 0.938. The molecule has 2 aliphatic rings. The lowest BCUT2D eigenvalue weighted by atomic mass is 9.93. The second-order valence-corrected chi connectivity index (χ2v) is 6.80. The zero-order valence-corrected chi connectivity index (χ0v) is 13.8. The molecule has 2 aliphatic heterocycles. The first kappa shape index (κ1) is 16.7. The van der Waals surface area contributed by atoms with Crippen molar-refractivity contribution >= 4 is 5.91 Å². The van der Waals surface area contributed by atoms with Crippen molar-refractivity contribution in [2.24, 2.45) is 5.92 Å². The number of hydrogen-bond donors (Lipinski definition) is 1. The normalized spacial score (nSPS) is 23.3. The maximum absolute atomic E-state index is 11.9. The van der Waals surface area contributed by atoms with Crippen LogP contribution in [0.5, 0.6) is 0 Å². The zero-order valence-electron chi connectivity index (χ0n) is 13.8. The van der Waals surface area contributed by atoms with E-state index in [0.29, 0.717) is 5.92 Å². The van der Waals surface area contributed by atoms with Gasteiger partial charge in [-0.1, -0.05) is 0 Å². The number of carbonyl (C=O) groups excluding carboxylic acids is 1. The molecule has 0 unspecified atom stereocenters. The Balaban J connectivity index is 1.49. The van der Waals surface area contributed by atoms with Crippen LogP contribution >= 0.6 is 0 Å². The van der Waals surface area contributed by atoms with Crippen LogP contribution < -0.4 is 5.32 Å². The zero-order chi connectivity index (χ0) is 15.1. The molecule has 0 atom stereocenters. The standard InChI is InChI=1S/C16H32N4O/c1-18-8-4-15(5-9-18)14-16(21)17-6-3-7-20-12-10-19(2)11-13-20/h15H,3-14H2,1-2H3,(H,17,21). The van der Waals surface area contributed by atoms with Gasteiger partial charge in [0, 0.05) is 39.1 Å². The van der Waals surface area contributed by atoms with E-state index in [2.05, 4.69) is 34.1 Å². The minimum Gasteiger partial charge on any atom is -0.356 e. The van der Waals surface area contributed by atoms with Gasteiger partial charge in [0.25, 0.3) is 0 Å². The molecule has 0 aliphatic carbocycles. The molecule has 1 amide bonds. The van der Waals surface area contributed by atoms with Crippen LogP contribution in [-0.2, 0) is 4.79 Å². The number of piperazine rings is 1. The van der Waals surface area contributed by atoms with Gasteiger partial charge in [0.1, 0.15) is 0 Å². The molecular formula is C16H32N4O. The molecule has 122 valence electrons. The molecule has 0 radical (unpaired) electrons. The predicted octanol–water partition coefficient (Wildman–Crippen LogP) is 0.472. The molecule has 2 rings (SSSR count). The van der Waals surface area contributed by atoms with Crippen molar-refractivity contribution in [3.8, 4) is 0 Å². The third-order valence-corrected chi connectivity index (χ3v) is 4.88. The summed E-state index contributed by atoms with van der Waals surface area (Å²) in [6.45, 7) is 8.90. The summed E-state index contributed by atoms with van der Waals surface area (Å²) in [7, 11) is 4.34. The smallest absolute Gasteiger partial charge is 0.220 e. The van der Waals surface area contributed by atoms with E-state index in [1.54, 1.807) is 0 Å². The average molecular weight is 296 g/mol. The van der Waals surface area contributed by atoms with Crippen LogP contribution in [0.15, 0.2) is 0 Å². The highest BCUT2D eigenvalue weighted by Gasteiger charge is 2.19. The number of rotatable bonds is 6. The number of likely N-dealkylation sites (N-methyl/N-ethyl adjacent to an activating group) is 1. The van der Waals surface area contributed by atoms with E-state index in [4.69, 9.17) is 0 Å². The Morgan fingerprint density at radius 1 is 1.00 bits per heavy atom. The topological polar surface area (TPSA) is 38.8 Å². The Morgan fingerprint density at radius 3 is 2.29 bits per heavy atom. The number of carbonyl (C=O) groups is 1. The van der Waals surface area contributed by atoms with Crippen LogP contribution in [0, 0.1) is 5.92 Å².